The number of nitrogens with zero attached hydrogens (tertiary/aromatic N) is 5. The van der Waals surface area contributed by atoms with Crippen molar-refractivity contribution in [2.24, 2.45) is 0 Å². The smallest absolute Gasteiger partial charge is 0.320 e. The van der Waals surface area contributed by atoms with Crippen molar-refractivity contribution in [3.63, 3.8) is 0 Å². The number of rotatable bonds is 5. The first kappa shape index (κ1) is 18.1. The predicted molar refractivity (Wildman–Crippen MR) is 101 cm³/mol. The normalized spacial score (nSPS) is 24.3. The zero-order valence-corrected chi connectivity index (χ0v) is 15.6. The van der Waals surface area contributed by atoms with Crippen LogP contribution in [-0.2, 0) is 11.3 Å². The van der Waals surface area contributed by atoms with Gasteiger partial charge in [-0.25, -0.2) is 4.68 Å². The Morgan fingerprint density at radius 2 is 1.96 bits per heavy atom. The maximum absolute atomic E-state index is 11.1. The van der Waals surface area contributed by atoms with E-state index in [1.54, 1.807) is 4.68 Å². The van der Waals surface area contributed by atoms with Crippen LogP contribution in [-0.4, -0.2) is 81.7 Å². The summed E-state index contributed by atoms with van der Waals surface area (Å²) in [6, 6.07) is 8.02. The van der Waals surface area contributed by atoms with Crippen molar-refractivity contribution in [2.75, 3.05) is 39.8 Å². The van der Waals surface area contributed by atoms with Gasteiger partial charge in [-0.3, -0.25) is 9.69 Å². The highest BCUT2D eigenvalue weighted by Gasteiger charge is 2.30. The van der Waals surface area contributed by atoms with E-state index in [9.17, 15) is 4.79 Å². The Kier molecular flexibility index (Phi) is 5.20. The van der Waals surface area contributed by atoms with E-state index in [-0.39, 0.29) is 6.04 Å². The fourth-order valence-electron chi connectivity index (χ4n) is 3.74. The maximum atomic E-state index is 11.1. The molecule has 4 rings (SSSR count). The zero-order chi connectivity index (χ0) is 18.8. The van der Waals surface area contributed by atoms with Crippen LogP contribution >= 0.6 is 0 Å². The lowest BCUT2D eigenvalue weighted by Gasteiger charge is -2.32. The average molecular weight is 370 g/mol. The number of likely N-dealkylation sites (N-methyl/N-ethyl adjacent to an activating group) is 1. The van der Waals surface area contributed by atoms with Crippen molar-refractivity contribution < 1.29 is 9.90 Å². The Bertz CT molecular complexity index is 782. The Labute approximate surface area is 158 Å². The number of benzene rings is 1. The molecule has 0 unspecified atom stereocenters. The molecule has 0 saturated carbocycles. The summed E-state index contributed by atoms with van der Waals surface area (Å²) in [5.74, 6) is -0.811. The Morgan fingerprint density at radius 1 is 1.22 bits per heavy atom. The van der Waals surface area contributed by atoms with E-state index in [0.29, 0.717) is 13.0 Å². The van der Waals surface area contributed by atoms with Crippen LogP contribution in [0.1, 0.15) is 18.0 Å². The lowest BCUT2D eigenvalue weighted by Crippen LogP contribution is -2.43. The molecule has 0 bridgehead atoms. The molecule has 1 aromatic heterocycles. The Balaban J connectivity index is 1.38. The molecule has 2 fully saturated rings. The molecule has 8 nitrogen and oxygen atoms in total. The number of nitrogens with one attached hydrogen (secondary N) is 1. The number of aromatic nitrogens is 3. The Hall–Kier alpha value is -2.29. The third-order valence-corrected chi connectivity index (χ3v) is 5.54. The molecule has 0 radical (unpaired) electrons. The van der Waals surface area contributed by atoms with Gasteiger partial charge in [0.15, 0.2) is 0 Å². The van der Waals surface area contributed by atoms with Crippen molar-refractivity contribution in [1.29, 1.82) is 0 Å². The molecule has 2 N–H and O–H groups in total. The van der Waals surface area contributed by atoms with Crippen LogP contribution in [0.25, 0.3) is 11.3 Å². The minimum Gasteiger partial charge on any atom is -0.480 e. The summed E-state index contributed by atoms with van der Waals surface area (Å²) in [7, 11) is 2.17. The van der Waals surface area contributed by atoms with Gasteiger partial charge in [-0.15, -0.1) is 5.10 Å². The highest BCUT2D eigenvalue weighted by atomic mass is 16.4. The predicted octanol–water partition coefficient (Wildman–Crippen LogP) is 0.680. The molecule has 8 heteroatoms. The second kappa shape index (κ2) is 7.75. The molecule has 0 spiro atoms. The monoisotopic (exact) mass is 370 g/mol. The van der Waals surface area contributed by atoms with Gasteiger partial charge in [-0.2, -0.15) is 0 Å². The van der Waals surface area contributed by atoms with Crippen molar-refractivity contribution in [3.05, 3.63) is 36.0 Å². The molecule has 3 heterocycles. The van der Waals surface area contributed by atoms with Crippen LogP contribution in [0.3, 0.4) is 0 Å². The van der Waals surface area contributed by atoms with E-state index in [1.165, 1.54) is 5.56 Å². The van der Waals surface area contributed by atoms with Crippen LogP contribution in [0.4, 0.5) is 0 Å². The van der Waals surface area contributed by atoms with Crippen molar-refractivity contribution >= 4 is 5.97 Å². The summed E-state index contributed by atoms with van der Waals surface area (Å²) in [5.41, 5.74) is 3.16. The molecule has 2 aliphatic heterocycles. The van der Waals surface area contributed by atoms with Gasteiger partial charge >= 0.3 is 5.97 Å². The molecule has 144 valence electrons. The number of carboxylic acids is 1. The lowest BCUT2D eigenvalue weighted by molar-refractivity contribution is -0.139. The fraction of sp³-hybridized carbons (Fsp3) is 0.526. The minimum atomic E-state index is -0.811. The van der Waals surface area contributed by atoms with Crippen molar-refractivity contribution in [1.82, 2.24) is 30.1 Å². The van der Waals surface area contributed by atoms with Gasteiger partial charge in [0, 0.05) is 44.8 Å². The second-order valence-corrected chi connectivity index (χ2v) is 7.55. The fourth-order valence-corrected chi connectivity index (χ4v) is 3.74. The summed E-state index contributed by atoms with van der Waals surface area (Å²) in [6.45, 7) is 6.05. The molecule has 2 aromatic rings. The SMILES string of the molecule is CN1CCN(Cc2ccc(-c3cn([C@@H]4CN[C@H](C(=O)O)C4)nn3)cc2)CC1. The number of hydrogen-bond donors (Lipinski definition) is 2. The second-order valence-electron chi connectivity index (χ2n) is 7.55. The van der Waals surface area contributed by atoms with Gasteiger partial charge in [0.2, 0.25) is 0 Å². The molecule has 2 atom stereocenters. The summed E-state index contributed by atoms with van der Waals surface area (Å²) in [4.78, 5) is 15.9. The lowest BCUT2D eigenvalue weighted by atomic mass is 10.1. The van der Waals surface area contributed by atoms with E-state index < -0.39 is 12.0 Å². The van der Waals surface area contributed by atoms with E-state index in [0.717, 1.165) is 44.0 Å². The highest BCUT2D eigenvalue weighted by Crippen LogP contribution is 2.23. The number of aliphatic carboxylic acids is 1. The van der Waals surface area contributed by atoms with Crippen LogP contribution in [0, 0.1) is 0 Å². The van der Waals surface area contributed by atoms with Crippen molar-refractivity contribution in [3.8, 4) is 11.3 Å². The number of carboxylic acid groups (broad SMARTS) is 1. The third-order valence-electron chi connectivity index (χ3n) is 5.54. The standard InChI is InChI=1S/C19H26N6O2/c1-23-6-8-24(9-7-23)12-14-2-4-15(5-3-14)18-13-25(22-21-18)16-10-17(19(26)27)20-11-16/h2-5,13,16-17,20H,6-12H2,1H3,(H,26,27)/t16-,17-/m0/s1. The maximum Gasteiger partial charge on any atom is 0.320 e. The van der Waals surface area contributed by atoms with Gasteiger partial charge in [0.05, 0.1) is 12.2 Å². The van der Waals surface area contributed by atoms with Crippen molar-refractivity contribution in [2.45, 2.75) is 25.0 Å². The highest BCUT2D eigenvalue weighted by molar-refractivity contribution is 5.73. The molecule has 27 heavy (non-hydrogen) atoms. The van der Waals surface area contributed by atoms with Crippen LogP contribution in [0.5, 0.6) is 0 Å². The number of piperazine rings is 1. The summed E-state index contributed by atoms with van der Waals surface area (Å²) < 4.78 is 1.78. The largest absolute Gasteiger partial charge is 0.480 e. The van der Waals surface area contributed by atoms with Crippen LogP contribution in [0.15, 0.2) is 30.5 Å². The Morgan fingerprint density at radius 3 is 2.63 bits per heavy atom. The average Bonchev–Trinajstić information content (AvgIpc) is 3.34. The number of carbonyl (C=O) groups is 1. The van der Waals surface area contributed by atoms with Gasteiger partial charge in [0.1, 0.15) is 11.7 Å². The van der Waals surface area contributed by atoms with E-state index in [4.69, 9.17) is 5.11 Å². The molecule has 0 aliphatic carbocycles. The van der Waals surface area contributed by atoms with E-state index in [1.807, 2.05) is 6.20 Å². The topological polar surface area (TPSA) is 86.5 Å². The van der Waals surface area contributed by atoms with E-state index >= 15 is 0 Å². The molecular formula is C19H26N6O2. The quantitative estimate of drug-likeness (QED) is 0.800. The first-order valence-corrected chi connectivity index (χ1v) is 9.47. The van der Waals surface area contributed by atoms with Gasteiger partial charge in [-0.1, -0.05) is 29.5 Å². The molecule has 2 aliphatic rings. The first-order valence-electron chi connectivity index (χ1n) is 9.47. The first-order chi connectivity index (χ1) is 13.1. The van der Waals surface area contributed by atoms with E-state index in [2.05, 4.69) is 56.7 Å². The minimum absolute atomic E-state index is 0.0313. The molecule has 2 saturated heterocycles. The zero-order valence-electron chi connectivity index (χ0n) is 15.6. The van der Waals surface area contributed by atoms with Crippen LogP contribution < -0.4 is 5.32 Å². The third kappa shape index (κ3) is 4.18. The van der Waals surface area contributed by atoms with Gasteiger partial charge in [-0.05, 0) is 19.0 Å². The number of hydrogen-bond acceptors (Lipinski definition) is 6. The summed E-state index contributed by atoms with van der Waals surface area (Å²) in [5, 5.41) is 20.6. The summed E-state index contributed by atoms with van der Waals surface area (Å²) >= 11 is 0. The molecular weight excluding hydrogens is 344 g/mol. The van der Waals surface area contributed by atoms with Gasteiger partial charge in [0.25, 0.3) is 0 Å². The summed E-state index contributed by atoms with van der Waals surface area (Å²) in [6.07, 6.45) is 2.44. The van der Waals surface area contributed by atoms with Gasteiger partial charge < -0.3 is 15.3 Å². The molecule has 0 amide bonds. The molecule has 1 aromatic carbocycles. The van der Waals surface area contributed by atoms with Crippen LogP contribution in [0.2, 0.25) is 0 Å².